The van der Waals surface area contributed by atoms with Gasteiger partial charge in [0.25, 0.3) is 0 Å². The van der Waals surface area contributed by atoms with E-state index in [2.05, 4.69) is 30.9 Å². The van der Waals surface area contributed by atoms with Gasteiger partial charge in [0.15, 0.2) is 21.9 Å². The number of hydrogen-bond acceptors (Lipinski definition) is 3. The lowest BCUT2D eigenvalue weighted by molar-refractivity contribution is 0.552. The molecule has 6 heteroatoms. The third-order valence-corrected chi connectivity index (χ3v) is 2.54. The molecule has 0 saturated heterocycles. The van der Waals surface area contributed by atoms with Gasteiger partial charge in [-0.2, -0.15) is 0 Å². The molecular formula is C10H5BrFN3O. The number of rotatable bonds is 1. The van der Waals surface area contributed by atoms with E-state index in [-0.39, 0.29) is 0 Å². The number of fused-ring (bicyclic) bond motifs is 1. The second kappa shape index (κ2) is 3.41. The average molecular weight is 282 g/mol. The van der Waals surface area contributed by atoms with Crippen LogP contribution in [0.4, 0.5) is 4.39 Å². The first-order valence-electron chi connectivity index (χ1n) is 4.49. The third-order valence-electron chi connectivity index (χ3n) is 2.11. The molecule has 0 bridgehead atoms. The van der Waals surface area contributed by atoms with E-state index in [4.69, 9.17) is 4.42 Å². The van der Waals surface area contributed by atoms with E-state index in [0.29, 0.717) is 27.4 Å². The Morgan fingerprint density at radius 3 is 3.00 bits per heavy atom. The van der Waals surface area contributed by atoms with Crippen molar-refractivity contribution in [2.75, 3.05) is 0 Å². The van der Waals surface area contributed by atoms with Crippen molar-refractivity contribution in [3.8, 4) is 11.6 Å². The third kappa shape index (κ3) is 1.51. The summed E-state index contributed by atoms with van der Waals surface area (Å²) < 4.78 is 18.9. The van der Waals surface area contributed by atoms with Crippen molar-refractivity contribution in [2.24, 2.45) is 0 Å². The molecular weight excluding hydrogens is 277 g/mol. The van der Waals surface area contributed by atoms with Gasteiger partial charge in [0, 0.05) is 6.07 Å². The van der Waals surface area contributed by atoms with E-state index in [9.17, 15) is 4.39 Å². The van der Waals surface area contributed by atoms with Crippen LogP contribution in [0.3, 0.4) is 0 Å². The summed E-state index contributed by atoms with van der Waals surface area (Å²) in [5.74, 6) is 0.701. The van der Waals surface area contributed by atoms with Crippen molar-refractivity contribution in [3.05, 3.63) is 34.9 Å². The van der Waals surface area contributed by atoms with Crippen LogP contribution in [0.5, 0.6) is 0 Å². The molecule has 3 heterocycles. The van der Waals surface area contributed by atoms with Gasteiger partial charge in [0.1, 0.15) is 5.82 Å². The minimum absolute atomic E-state index is 0.400. The Balaban J connectivity index is 2.18. The fourth-order valence-corrected chi connectivity index (χ4v) is 1.74. The number of hydrogen-bond donors (Lipinski definition) is 1. The molecule has 0 unspecified atom stereocenters. The van der Waals surface area contributed by atoms with Crippen LogP contribution in [0.15, 0.2) is 33.5 Å². The zero-order valence-electron chi connectivity index (χ0n) is 7.87. The van der Waals surface area contributed by atoms with Crippen molar-refractivity contribution in [1.29, 1.82) is 0 Å². The molecule has 0 amide bonds. The van der Waals surface area contributed by atoms with Crippen LogP contribution in [-0.4, -0.2) is 15.0 Å². The second-order valence-electron chi connectivity index (χ2n) is 3.21. The smallest absolute Gasteiger partial charge is 0.178 e. The van der Waals surface area contributed by atoms with Gasteiger partial charge in [0.2, 0.25) is 0 Å². The molecule has 0 spiro atoms. The highest BCUT2D eigenvalue weighted by Crippen LogP contribution is 2.24. The van der Waals surface area contributed by atoms with E-state index >= 15 is 0 Å². The molecule has 0 aliphatic carbocycles. The lowest BCUT2D eigenvalue weighted by atomic mass is 10.4. The van der Waals surface area contributed by atoms with E-state index in [0.717, 1.165) is 6.20 Å². The summed E-state index contributed by atoms with van der Waals surface area (Å²) >= 11 is 3.20. The van der Waals surface area contributed by atoms with Crippen LogP contribution < -0.4 is 0 Å². The van der Waals surface area contributed by atoms with E-state index in [1.807, 2.05) is 0 Å². The molecule has 3 aromatic heterocycles. The minimum Gasteiger partial charge on any atom is -0.446 e. The van der Waals surface area contributed by atoms with Gasteiger partial charge in [0.05, 0.1) is 11.7 Å². The molecule has 0 atom stereocenters. The maximum absolute atomic E-state index is 12.9. The summed E-state index contributed by atoms with van der Waals surface area (Å²) in [6.45, 7) is 0. The number of aromatic amines is 1. The maximum atomic E-state index is 12.9. The first-order chi connectivity index (χ1) is 7.72. The molecule has 80 valence electrons. The maximum Gasteiger partial charge on any atom is 0.178 e. The number of aromatic nitrogens is 3. The molecule has 3 aromatic rings. The zero-order chi connectivity index (χ0) is 11.1. The standard InChI is InChI=1S/C10H5BrFN3O/c11-8-2-1-7(16-8)10-14-6-3-5(12)4-13-9(6)15-10/h1-4H,(H,13,14,15). The van der Waals surface area contributed by atoms with Crippen molar-refractivity contribution in [2.45, 2.75) is 0 Å². The fourth-order valence-electron chi connectivity index (χ4n) is 1.43. The number of nitrogens with one attached hydrogen (secondary N) is 1. The molecule has 3 rings (SSSR count). The van der Waals surface area contributed by atoms with Crippen LogP contribution in [0, 0.1) is 5.82 Å². The van der Waals surface area contributed by atoms with Crippen LogP contribution in [0.2, 0.25) is 0 Å². The second-order valence-corrected chi connectivity index (χ2v) is 4.00. The minimum atomic E-state index is -0.400. The Morgan fingerprint density at radius 1 is 1.38 bits per heavy atom. The Kier molecular flexibility index (Phi) is 2.03. The van der Waals surface area contributed by atoms with Gasteiger partial charge in [-0.25, -0.2) is 14.4 Å². The molecule has 0 aliphatic rings. The average Bonchev–Trinajstić information content (AvgIpc) is 2.83. The lowest BCUT2D eigenvalue weighted by Crippen LogP contribution is -1.78. The predicted molar refractivity (Wildman–Crippen MR) is 59.2 cm³/mol. The van der Waals surface area contributed by atoms with E-state index in [1.165, 1.54) is 6.07 Å². The molecule has 0 fully saturated rings. The first-order valence-corrected chi connectivity index (χ1v) is 5.28. The Labute approximate surface area is 97.6 Å². The highest BCUT2D eigenvalue weighted by atomic mass is 79.9. The SMILES string of the molecule is Fc1cnc2nc(-c3ccc(Br)o3)[nH]c2c1. The van der Waals surface area contributed by atoms with Crippen LogP contribution in [0.1, 0.15) is 0 Å². The number of furan rings is 1. The summed E-state index contributed by atoms with van der Waals surface area (Å²) in [5, 5.41) is 0. The van der Waals surface area contributed by atoms with Gasteiger partial charge in [-0.05, 0) is 28.1 Å². The Morgan fingerprint density at radius 2 is 2.25 bits per heavy atom. The van der Waals surface area contributed by atoms with Crippen molar-refractivity contribution < 1.29 is 8.81 Å². The number of halogens is 2. The monoisotopic (exact) mass is 281 g/mol. The van der Waals surface area contributed by atoms with Crippen molar-refractivity contribution in [1.82, 2.24) is 15.0 Å². The summed E-state index contributed by atoms with van der Waals surface area (Å²) in [7, 11) is 0. The first kappa shape index (κ1) is 9.53. The number of pyridine rings is 1. The molecule has 16 heavy (non-hydrogen) atoms. The summed E-state index contributed by atoms with van der Waals surface area (Å²) in [6, 6.07) is 4.87. The lowest BCUT2D eigenvalue weighted by Gasteiger charge is -1.87. The van der Waals surface area contributed by atoms with Crippen molar-refractivity contribution in [3.63, 3.8) is 0 Å². The van der Waals surface area contributed by atoms with Crippen LogP contribution >= 0.6 is 15.9 Å². The van der Waals surface area contributed by atoms with Crippen LogP contribution in [0.25, 0.3) is 22.7 Å². The van der Waals surface area contributed by atoms with Crippen LogP contribution in [-0.2, 0) is 0 Å². The number of nitrogens with zero attached hydrogens (tertiary/aromatic N) is 2. The van der Waals surface area contributed by atoms with E-state index < -0.39 is 5.82 Å². The Hall–Kier alpha value is -1.69. The predicted octanol–water partition coefficient (Wildman–Crippen LogP) is 3.12. The van der Waals surface area contributed by atoms with Gasteiger partial charge in [-0.3, -0.25) is 0 Å². The highest BCUT2D eigenvalue weighted by Gasteiger charge is 2.10. The van der Waals surface area contributed by atoms with Gasteiger partial charge in [-0.15, -0.1) is 0 Å². The molecule has 0 aromatic carbocycles. The largest absolute Gasteiger partial charge is 0.446 e. The summed E-state index contributed by atoms with van der Waals surface area (Å²) in [6.07, 6.45) is 1.13. The summed E-state index contributed by atoms with van der Waals surface area (Å²) in [4.78, 5) is 11.0. The van der Waals surface area contributed by atoms with E-state index in [1.54, 1.807) is 12.1 Å². The molecule has 0 saturated carbocycles. The van der Waals surface area contributed by atoms with Gasteiger partial charge >= 0.3 is 0 Å². The topological polar surface area (TPSA) is 54.7 Å². The highest BCUT2D eigenvalue weighted by molar-refractivity contribution is 9.10. The number of imidazole rings is 1. The normalized spacial score (nSPS) is 11.1. The molecule has 4 nitrogen and oxygen atoms in total. The van der Waals surface area contributed by atoms with Crippen molar-refractivity contribution >= 4 is 27.1 Å². The van der Waals surface area contributed by atoms with Gasteiger partial charge in [-0.1, -0.05) is 0 Å². The van der Waals surface area contributed by atoms with Gasteiger partial charge < -0.3 is 9.40 Å². The molecule has 1 N–H and O–H groups in total. The number of H-pyrrole nitrogens is 1. The molecule has 0 radical (unpaired) electrons. The zero-order valence-corrected chi connectivity index (χ0v) is 9.45. The Bertz CT molecular complexity index is 661. The molecule has 0 aliphatic heterocycles. The summed E-state index contributed by atoms with van der Waals surface area (Å²) in [5.41, 5.74) is 1.01. The quantitative estimate of drug-likeness (QED) is 0.746. The fraction of sp³-hybridized carbons (Fsp3) is 0.